The summed E-state index contributed by atoms with van der Waals surface area (Å²) in [5.41, 5.74) is 0.363. The van der Waals surface area contributed by atoms with E-state index in [1.54, 1.807) is 22.5 Å². The molecule has 2 rings (SSSR count). The maximum atomic E-state index is 12.9. The van der Waals surface area contributed by atoms with E-state index in [9.17, 15) is 13.2 Å². The fourth-order valence-electron chi connectivity index (χ4n) is 3.20. The van der Waals surface area contributed by atoms with Gasteiger partial charge >= 0.3 is 0 Å². The Morgan fingerprint density at radius 2 is 1.92 bits per heavy atom. The van der Waals surface area contributed by atoms with E-state index in [4.69, 9.17) is 0 Å². The summed E-state index contributed by atoms with van der Waals surface area (Å²) in [6.45, 7) is 7.65. The van der Waals surface area contributed by atoms with Crippen LogP contribution in [0.3, 0.4) is 0 Å². The van der Waals surface area contributed by atoms with Crippen molar-refractivity contribution in [1.29, 1.82) is 0 Å². The van der Waals surface area contributed by atoms with Crippen LogP contribution in [0.25, 0.3) is 0 Å². The molecule has 3 unspecified atom stereocenters. The maximum absolute atomic E-state index is 12.9. The van der Waals surface area contributed by atoms with Gasteiger partial charge in [-0.2, -0.15) is 4.31 Å². The van der Waals surface area contributed by atoms with Crippen molar-refractivity contribution in [1.82, 2.24) is 14.9 Å². The van der Waals surface area contributed by atoms with Crippen LogP contribution in [0.1, 0.15) is 37.6 Å². The van der Waals surface area contributed by atoms with Crippen LogP contribution in [0.4, 0.5) is 0 Å². The molecule has 1 amide bonds. The Bertz CT molecular complexity index is 695. The van der Waals surface area contributed by atoms with Crippen LogP contribution in [0.5, 0.6) is 0 Å². The molecule has 0 aliphatic carbocycles. The largest absolute Gasteiger partial charge is 0.350 e. The molecule has 1 aliphatic rings. The summed E-state index contributed by atoms with van der Waals surface area (Å²) < 4.78 is 27.4. The van der Waals surface area contributed by atoms with Crippen LogP contribution >= 0.6 is 0 Å². The van der Waals surface area contributed by atoms with Gasteiger partial charge < -0.3 is 10.6 Å². The van der Waals surface area contributed by atoms with Crippen LogP contribution in [-0.4, -0.2) is 51.4 Å². The van der Waals surface area contributed by atoms with E-state index >= 15 is 0 Å². The van der Waals surface area contributed by atoms with E-state index in [0.717, 1.165) is 6.42 Å². The van der Waals surface area contributed by atoms with Gasteiger partial charge in [-0.1, -0.05) is 19.9 Å². The number of nitrogens with one attached hydrogen (secondary N) is 2. The Morgan fingerprint density at radius 3 is 2.52 bits per heavy atom. The summed E-state index contributed by atoms with van der Waals surface area (Å²) in [4.78, 5) is 12.5. The van der Waals surface area contributed by atoms with E-state index < -0.39 is 10.0 Å². The van der Waals surface area contributed by atoms with Crippen LogP contribution in [0.2, 0.25) is 0 Å². The SMILES string of the molecule is CNC(C)CNC(=O)c1cccc(S(=O)(=O)N2CC(C)CC(C)C2)c1. The molecule has 25 heavy (non-hydrogen) atoms. The Hall–Kier alpha value is -1.44. The van der Waals surface area contributed by atoms with Crippen molar-refractivity contribution in [2.75, 3.05) is 26.7 Å². The Balaban J connectivity index is 2.18. The molecule has 0 saturated carbocycles. The summed E-state index contributed by atoms with van der Waals surface area (Å²) in [5.74, 6) is 0.417. The summed E-state index contributed by atoms with van der Waals surface area (Å²) >= 11 is 0. The number of sulfonamides is 1. The number of likely N-dealkylation sites (N-methyl/N-ethyl adjacent to an activating group) is 1. The number of hydrogen-bond acceptors (Lipinski definition) is 4. The van der Waals surface area contributed by atoms with Gasteiger partial charge in [0.05, 0.1) is 4.90 Å². The average Bonchev–Trinajstić information content (AvgIpc) is 2.58. The minimum atomic E-state index is -3.58. The number of carbonyl (C=O) groups excluding carboxylic acids is 1. The molecule has 3 atom stereocenters. The van der Waals surface area contributed by atoms with Gasteiger partial charge in [-0.25, -0.2) is 8.42 Å². The second-order valence-corrected chi connectivity index (χ2v) is 9.13. The van der Waals surface area contributed by atoms with Crippen molar-refractivity contribution in [2.45, 2.75) is 38.1 Å². The lowest BCUT2D eigenvalue weighted by molar-refractivity contribution is 0.0950. The smallest absolute Gasteiger partial charge is 0.251 e. The normalized spacial score (nSPS) is 23.2. The highest BCUT2D eigenvalue weighted by Crippen LogP contribution is 2.26. The Morgan fingerprint density at radius 1 is 1.28 bits per heavy atom. The Kier molecular flexibility index (Phi) is 6.59. The first-order chi connectivity index (χ1) is 11.7. The molecular formula is C18H29N3O3S. The average molecular weight is 368 g/mol. The topological polar surface area (TPSA) is 78.5 Å². The van der Waals surface area contributed by atoms with E-state index in [2.05, 4.69) is 24.5 Å². The highest BCUT2D eigenvalue weighted by molar-refractivity contribution is 7.89. The summed E-state index contributed by atoms with van der Waals surface area (Å²) in [6, 6.07) is 6.44. The minimum Gasteiger partial charge on any atom is -0.350 e. The van der Waals surface area contributed by atoms with E-state index in [1.807, 2.05) is 14.0 Å². The lowest BCUT2D eigenvalue weighted by Crippen LogP contribution is -2.42. The highest BCUT2D eigenvalue weighted by Gasteiger charge is 2.31. The molecule has 0 radical (unpaired) electrons. The van der Waals surface area contributed by atoms with Gasteiger partial charge in [-0.15, -0.1) is 0 Å². The van der Waals surface area contributed by atoms with Crippen molar-refractivity contribution < 1.29 is 13.2 Å². The first kappa shape index (κ1) is 19.9. The number of hydrogen-bond donors (Lipinski definition) is 2. The molecular weight excluding hydrogens is 338 g/mol. The molecule has 7 heteroatoms. The van der Waals surface area contributed by atoms with Gasteiger partial charge in [0.2, 0.25) is 10.0 Å². The van der Waals surface area contributed by atoms with Gasteiger partial charge in [0.25, 0.3) is 5.91 Å². The van der Waals surface area contributed by atoms with Crippen molar-refractivity contribution in [3.8, 4) is 0 Å². The number of rotatable bonds is 6. The molecule has 1 heterocycles. The number of amides is 1. The molecule has 1 aromatic rings. The molecule has 6 nitrogen and oxygen atoms in total. The first-order valence-electron chi connectivity index (χ1n) is 8.79. The van der Waals surface area contributed by atoms with Crippen molar-refractivity contribution in [2.24, 2.45) is 11.8 Å². The quantitative estimate of drug-likeness (QED) is 0.802. The summed E-state index contributed by atoms with van der Waals surface area (Å²) in [6.07, 6.45) is 1.04. The van der Waals surface area contributed by atoms with Crippen molar-refractivity contribution in [3.05, 3.63) is 29.8 Å². The monoisotopic (exact) mass is 367 g/mol. The Labute approximate surface area is 151 Å². The molecule has 1 aliphatic heterocycles. The van der Waals surface area contributed by atoms with E-state index in [-0.39, 0.29) is 16.8 Å². The third-order valence-electron chi connectivity index (χ3n) is 4.63. The molecule has 0 aromatic heterocycles. The predicted molar refractivity (Wildman–Crippen MR) is 99.0 cm³/mol. The molecule has 1 fully saturated rings. The number of piperidine rings is 1. The fourth-order valence-corrected chi connectivity index (χ4v) is 4.92. The fraction of sp³-hybridized carbons (Fsp3) is 0.611. The van der Waals surface area contributed by atoms with Gasteiger partial charge in [0.1, 0.15) is 0 Å². The zero-order chi connectivity index (χ0) is 18.6. The molecule has 1 saturated heterocycles. The standard InChI is InChI=1S/C18H29N3O3S/c1-13-8-14(2)12-21(11-13)25(23,24)17-7-5-6-16(9-17)18(22)20-10-15(3)19-4/h5-7,9,13-15,19H,8,10-12H2,1-4H3,(H,20,22). The second kappa shape index (κ2) is 8.29. The van der Waals surface area contributed by atoms with Crippen LogP contribution in [-0.2, 0) is 10.0 Å². The lowest BCUT2D eigenvalue weighted by Gasteiger charge is -2.34. The van der Waals surface area contributed by atoms with Crippen LogP contribution in [0, 0.1) is 11.8 Å². The molecule has 2 N–H and O–H groups in total. The predicted octanol–water partition coefficient (Wildman–Crippen LogP) is 1.69. The number of carbonyl (C=O) groups is 1. The van der Waals surface area contributed by atoms with Gasteiger partial charge in [-0.3, -0.25) is 4.79 Å². The molecule has 140 valence electrons. The third-order valence-corrected chi connectivity index (χ3v) is 6.46. The highest BCUT2D eigenvalue weighted by atomic mass is 32.2. The summed E-state index contributed by atoms with van der Waals surface area (Å²) in [7, 11) is -1.75. The first-order valence-corrected chi connectivity index (χ1v) is 10.2. The van der Waals surface area contributed by atoms with E-state index in [0.29, 0.717) is 37.0 Å². The molecule has 1 aromatic carbocycles. The lowest BCUT2D eigenvalue weighted by atomic mass is 9.94. The number of nitrogens with zero attached hydrogens (tertiary/aromatic N) is 1. The second-order valence-electron chi connectivity index (χ2n) is 7.20. The zero-order valence-corrected chi connectivity index (χ0v) is 16.3. The van der Waals surface area contributed by atoms with Gasteiger partial charge in [-0.05, 0) is 50.4 Å². The third kappa shape index (κ3) is 5.03. The van der Waals surface area contributed by atoms with Crippen molar-refractivity contribution in [3.63, 3.8) is 0 Å². The van der Waals surface area contributed by atoms with Gasteiger partial charge in [0.15, 0.2) is 0 Å². The molecule has 0 spiro atoms. The van der Waals surface area contributed by atoms with Gasteiger partial charge in [0, 0.05) is 31.2 Å². The molecule has 0 bridgehead atoms. The zero-order valence-electron chi connectivity index (χ0n) is 15.5. The van der Waals surface area contributed by atoms with E-state index in [1.165, 1.54) is 6.07 Å². The maximum Gasteiger partial charge on any atom is 0.251 e. The summed E-state index contributed by atoms with van der Waals surface area (Å²) in [5, 5.41) is 5.85. The van der Waals surface area contributed by atoms with Crippen molar-refractivity contribution >= 4 is 15.9 Å². The van der Waals surface area contributed by atoms with Crippen LogP contribution in [0.15, 0.2) is 29.2 Å². The number of benzene rings is 1. The minimum absolute atomic E-state index is 0.146. The van der Waals surface area contributed by atoms with Crippen LogP contribution < -0.4 is 10.6 Å².